The Labute approximate surface area is 290 Å². The number of rotatable bonds is 18. The molecule has 0 aliphatic heterocycles. The third-order valence-electron chi connectivity index (χ3n) is 9.11. The van der Waals surface area contributed by atoms with Crippen molar-refractivity contribution in [1.29, 1.82) is 0 Å². The molecule has 3 aromatic rings. The Bertz CT molecular complexity index is 1750. The topological polar surface area (TPSA) is 150 Å². The summed E-state index contributed by atoms with van der Waals surface area (Å²) in [6.45, 7) is 4.97. The van der Waals surface area contributed by atoms with Gasteiger partial charge in [-0.05, 0) is 100 Å². The van der Waals surface area contributed by atoms with Crippen LogP contribution in [0, 0.1) is 30.6 Å². The van der Waals surface area contributed by atoms with Gasteiger partial charge in [-0.25, -0.2) is 28.1 Å². The van der Waals surface area contributed by atoms with Crippen LogP contribution in [0.3, 0.4) is 0 Å². The number of aryl methyl sites for hydroxylation is 2. The molecule has 270 valence electrons. The molecular weight excluding hydrogens is 670 g/mol. The highest BCUT2D eigenvalue weighted by Crippen LogP contribution is 2.51. The third kappa shape index (κ3) is 9.91. The first-order valence-electron chi connectivity index (χ1n) is 16.9. The second-order valence-corrected chi connectivity index (χ2v) is 21.1. The molecule has 0 radical (unpaired) electrons. The molecule has 0 bridgehead atoms. The first kappa shape index (κ1) is 37.0. The lowest BCUT2D eigenvalue weighted by Crippen LogP contribution is -2.50. The number of sulfone groups is 1. The highest BCUT2D eigenvalue weighted by Gasteiger charge is 2.48. The number of aromatic nitrogens is 5. The smallest absolute Gasteiger partial charge is 0.270 e. The molecule has 2 saturated carbocycles. The minimum absolute atomic E-state index is 0.0266. The first-order chi connectivity index (χ1) is 23.1. The van der Waals surface area contributed by atoms with E-state index in [1.54, 1.807) is 22.9 Å². The van der Waals surface area contributed by atoms with Gasteiger partial charge in [-0.3, -0.25) is 14.3 Å². The summed E-state index contributed by atoms with van der Waals surface area (Å²) in [5.74, 6) is -0.0543. The van der Waals surface area contributed by atoms with E-state index < -0.39 is 43.7 Å². The zero-order valence-corrected chi connectivity index (χ0v) is 31.0. The standard InChI is InChI=1S/C34H50FN7O5S2/c1-7-26-29(22(2)40-42(26)21-47-18-20-48(3,4)5)25-13-14-28(37-32(25)35)38-34(44)31(30(23-9-10-23)24-11-12-24)39-33(43)27-15-16-36-41(27)17-8-19-49(6,45)46/h13-16,23-24,30-31H,7-12,17-21H2,1-6H3,(H,39,43)(H,37,38,44)/t31-/m0/s1. The number of hydrogen-bond acceptors (Lipinski definition) is 8. The van der Waals surface area contributed by atoms with E-state index >= 15 is 4.39 Å². The van der Waals surface area contributed by atoms with Crippen LogP contribution in [0.2, 0.25) is 0 Å². The molecule has 2 amide bonds. The van der Waals surface area contributed by atoms with Gasteiger partial charge in [0.1, 0.15) is 34.1 Å². The molecule has 2 aliphatic rings. The molecule has 2 N–H and O–H groups in total. The number of carbonyl (C=O) groups is 2. The van der Waals surface area contributed by atoms with E-state index in [1.165, 1.54) is 17.1 Å². The predicted octanol–water partition coefficient (Wildman–Crippen LogP) is 4.43. The van der Waals surface area contributed by atoms with Gasteiger partial charge in [0.2, 0.25) is 11.9 Å². The average Bonchev–Trinajstić information content (AvgIpc) is 3.95. The Kier molecular flexibility index (Phi) is 11.5. The van der Waals surface area contributed by atoms with Gasteiger partial charge in [0.05, 0.1) is 18.1 Å². The lowest BCUT2D eigenvalue weighted by Gasteiger charge is -2.27. The molecule has 2 aliphatic carbocycles. The summed E-state index contributed by atoms with van der Waals surface area (Å²) in [7, 11) is -3.84. The molecular formula is C34H50FN7O5S2. The Morgan fingerprint density at radius 3 is 2.33 bits per heavy atom. The van der Waals surface area contributed by atoms with E-state index in [2.05, 4.69) is 44.6 Å². The Morgan fingerprint density at radius 2 is 1.73 bits per heavy atom. The summed E-state index contributed by atoms with van der Waals surface area (Å²) >= 11 is 0. The van der Waals surface area contributed by atoms with Crippen LogP contribution in [0.25, 0.3) is 11.1 Å². The molecule has 2 fully saturated rings. The van der Waals surface area contributed by atoms with Crippen LogP contribution in [-0.2, 0) is 39.1 Å². The summed E-state index contributed by atoms with van der Waals surface area (Å²) in [6.07, 6.45) is 14.2. The minimum atomic E-state index is -3.16. The zero-order chi connectivity index (χ0) is 35.5. The maximum absolute atomic E-state index is 15.7. The van der Waals surface area contributed by atoms with E-state index in [9.17, 15) is 18.0 Å². The van der Waals surface area contributed by atoms with Gasteiger partial charge in [-0.15, -0.1) is 0 Å². The number of nitrogens with zero attached hydrogens (tertiary/aromatic N) is 5. The molecule has 15 heteroatoms. The predicted molar refractivity (Wildman–Crippen MR) is 191 cm³/mol. The van der Waals surface area contributed by atoms with Gasteiger partial charge in [0.15, 0.2) is 0 Å². The van der Waals surface area contributed by atoms with E-state index in [0.717, 1.165) is 37.1 Å². The number of nitrogens with one attached hydrogen (secondary N) is 2. The van der Waals surface area contributed by atoms with Gasteiger partial charge in [0.25, 0.3) is 5.91 Å². The average molecular weight is 720 g/mol. The van der Waals surface area contributed by atoms with Crippen molar-refractivity contribution in [2.75, 3.05) is 48.5 Å². The van der Waals surface area contributed by atoms with E-state index in [4.69, 9.17) is 4.74 Å². The number of carbonyl (C=O) groups excluding carboxylic acids is 2. The largest absolute Gasteiger partial charge is 0.358 e. The van der Waals surface area contributed by atoms with Crippen LogP contribution in [0.5, 0.6) is 0 Å². The minimum Gasteiger partial charge on any atom is -0.358 e. The fourth-order valence-corrected chi connectivity index (χ4v) is 7.69. The van der Waals surface area contributed by atoms with E-state index in [1.807, 2.05) is 13.8 Å². The second-order valence-electron chi connectivity index (χ2n) is 14.2. The molecule has 0 saturated heterocycles. The fraction of sp³-hybridized carbons (Fsp3) is 0.618. The van der Waals surface area contributed by atoms with Gasteiger partial charge in [0, 0.05) is 41.6 Å². The first-order valence-corrected chi connectivity index (χ1v) is 22.0. The normalized spacial score (nSPS) is 16.2. The summed E-state index contributed by atoms with van der Waals surface area (Å²) in [6, 6.07) is 3.88. The van der Waals surface area contributed by atoms with Crippen LogP contribution in [0.15, 0.2) is 24.4 Å². The number of anilines is 1. The quantitative estimate of drug-likeness (QED) is 0.145. The molecule has 1 atom stereocenters. The van der Waals surface area contributed by atoms with Crippen molar-refractivity contribution >= 4 is 37.5 Å². The van der Waals surface area contributed by atoms with Crippen LogP contribution >= 0.6 is 10.0 Å². The summed E-state index contributed by atoms with van der Waals surface area (Å²) in [5, 5.41) is 14.6. The Balaban J connectivity index is 1.32. The molecule has 5 rings (SSSR count). The number of amides is 2. The number of ether oxygens (including phenoxy) is 1. The second kappa shape index (κ2) is 15.3. The van der Waals surface area contributed by atoms with Crippen molar-refractivity contribution in [3.63, 3.8) is 0 Å². The van der Waals surface area contributed by atoms with Crippen molar-refractivity contribution in [3.05, 3.63) is 47.4 Å². The SMILES string of the molecule is CCc1c(-c2ccc(NC(=O)[C@@H](NC(=O)c3ccnn3CCCS(C)(=O)=O)C(C3CC3)C3CC3)nc2F)c(C)nn1COCCS(C)(C)C. The fourth-order valence-electron chi connectivity index (χ4n) is 6.42. The van der Waals surface area contributed by atoms with Gasteiger partial charge < -0.3 is 15.4 Å². The van der Waals surface area contributed by atoms with Gasteiger partial charge in [-0.1, -0.05) is 6.92 Å². The highest BCUT2D eigenvalue weighted by atomic mass is 32.3. The van der Waals surface area contributed by atoms with Gasteiger partial charge in [-0.2, -0.15) is 14.6 Å². The van der Waals surface area contributed by atoms with Crippen molar-refractivity contribution in [2.24, 2.45) is 17.8 Å². The molecule has 3 heterocycles. The summed E-state index contributed by atoms with van der Waals surface area (Å²) in [5.41, 5.74) is 2.70. The van der Waals surface area contributed by atoms with E-state index in [0.29, 0.717) is 48.1 Å². The molecule has 3 aromatic heterocycles. The molecule has 12 nitrogen and oxygen atoms in total. The van der Waals surface area contributed by atoms with Crippen molar-refractivity contribution < 1.29 is 27.1 Å². The Hall–Kier alpha value is -3.30. The monoisotopic (exact) mass is 719 g/mol. The lowest BCUT2D eigenvalue weighted by molar-refractivity contribution is -0.119. The number of hydrogen-bond donors (Lipinski definition) is 2. The van der Waals surface area contributed by atoms with Crippen molar-refractivity contribution in [3.8, 4) is 11.1 Å². The molecule has 49 heavy (non-hydrogen) atoms. The number of halogens is 1. The number of pyridine rings is 1. The lowest BCUT2D eigenvalue weighted by atomic mass is 9.88. The molecule has 0 unspecified atom stereocenters. The summed E-state index contributed by atoms with van der Waals surface area (Å²) < 4.78 is 48.1. The zero-order valence-electron chi connectivity index (χ0n) is 29.4. The highest BCUT2D eigenvalue weighted by molar-refractivity contribution is 8.32. The van der Waals surface area contributed by atoms with Crippen LogP contribution in [0.1, 0.15) is 60.9 Å². The van der Waals surface area contributed by atoms with Crippen LogP contribution in [0.4, 0.5) is 10.2 Å². The third-order valence-corrected chi connectivity index (χ3v) is 11.5. The van der Waals surface area contributed by atoms with Crippen LogP contribution < -0.4 is 10.6 Å². The maximum Gasteiger partial charge on any atom is 0.270 e. The van der Waals surface area contributed by atoms with Gasteiger partial charge >= 0.3 is 0 Å². The van der Waals surface area contributed by atoms with E-state index in [-0.39, 0.29) is 36.5 Å². The van der Waals surface area contributed by atoms with Crippen molar-refractivity contribution in [2.45, 2.75) is 71.7 Å². The van der Waals surface area contributed by atoms with Crippen LogP contribution in [-0.4, -0.2) is 94.0 Å². The van der Waals surface area contributed by atoms with Crippen molar-refractivity contribution in [1.82, 2.24) is 29.9 Å². The molecule has 0 aromatic carbocycles. The summed E-state index contributed by atoms with van der Waals surface area (Å²) in [4.78, 5) is 31.6. The maximum atomic E-state index is 15.7. The molecule has 0 spiro atoms. The Morgan fingerprint density at radius 1 is 1.04 bits per heavy atom.